The van der Waals surface area contributed by atoms with Crippen LogP contribution in [0, 0.1) is 0 Å². The highest BCUT2D eigenvalue weighted by Crippen LogP contribution is 2.21. The first-order valence-electron chi connectivity index (χ1n) is 5.37. The van der Waals surface area contributed by atoms with E-state index in [1.54, 1.807) is 6.92 Å². The number of benzene rings is 1. The molecule has 88 valence electrons. The molecule has 2 atom stereocenters. The van der Waals surface area contributed by atoms with Gasteiger partial charge in [0.1, 0.15) is 0 Å². The van der Waals surface area contributed by atoms with Crippen molar-refractivity contribution < 1.29 is 14.3 Å². The second-order valence-electron chi connectivity index (χ2n) is 3.10. The fourth-order valence-corrected chi connectivity index (χ4v) is 2.38. The SMILES string of the molecule is CCOC(=O)C(OCC)Pc1ccccc1. The summed E-state index contributed by atoms with van der Waals surface area (Å²) in [5.74, 6) is -0.737. The van der Waals surface area contributed by atoms with Gasteiger partial charge in [-0.05, 0) is 27.7 Å². The number of rotatable bonds is 6. The zero-order valence-electron chi connectivity index (χ0n) is 9.60. The second kappa shape index (κ2) is 7.37. The van der Waals surface area contributed by atoms with Gasteiger partial charge < -0.3 is 9.47 Å². The number of carbonyl (C=O) groups excluding carboxylic acids is 1. The van der Waals surface area contributed by atoms with Crippen LogP contribution in [0.5, 0.6) is 0 Å². The Morgan fingerprint density at radius 2 is 1.94 bits per heavy atom. The predicted molar refractivity (Wildman–Crippen MR) is 66.4 cm³/mol. The molecule has 0 spiro atoms. The van der Waals surface area contributed by atoms with Gasteiger partial charge in [-0.3, -0.25) is 0 Å². The first kappa shape index (κ1) is 13.1. The number of ether oxygens (including phenoxy) is 2. The van der Waals surface area contributed by atoms with Crippen LogP contribution in [0.3, 0.4) is 0 Å². The van der Waals surface area contributed by atoms with E-state index in [0.29, 0.717) is 21.8 Å². The van der Waals surface area contributed by atoms with Crippen LogP contribution < -0.4 is 5.30 Å². The largest absolute Gasteiger partial charge is 0.464 e. The van der Waals surface area contributed by atoms with E-state index in [4.69, 9.17) is 9.47 Å². The van der Waals surface area contributed by atoms with E-state index in [9.17, 15) is 4.79 Å². The van der Waals surface area contributed by atoms with E-state index >= 15 is 0 Å². The zero-order valence-corrected chi connectivity index (χ0v) is 10.6. The Morgan fingerprint density at radius 3 is 2.50 bits per heavy atom. The van der Waals surface area contributed by atoms with E-state index in [2.05, 4.69) is 0 Å². The summed E-state index contributed by atoms with van der Waals surface area (Å²) in [5.41, 5.74) is 0. The minimum Gasteiger partial charge on any atom is -0.464 e. The number of hydrogen-bond donors (Lipinski definition) is 0. The molecule has 0 N–H and O–H groups in total. The van der Waals surface area contributed by atoms with Gasteiger partial charge in [0.2, 0.25) is 0 Å². The number of esters is 1. The molecule has 1 aromatic rings. The van der Waals surface area contributed by atoms with Crippen molar-refractivity contribution in [3.63, 3.8) is 0 Å². The maximum atomic E-state index is 11.6. The van der Waals surface area contributed by atoms with Gasteiger partial charge in [-0.1, -0.05) is 30.3 Å². The molecule has 0 amide bonds. The lowest BCUT2D eigenvalue weighted by molar-refractivity contribution is -0.150. The maximum Gasteiger partial charge on any atom is 0.339 e. The lowest BCUT2D eigenvalue weighted by Gasteiger charge is -2.15. The van der Waals surface area contributed by atoms with Crippen LogP contribution in [-0.4, -0.2) is 25.0 Å². The standard InChI is InChI=1S/C12H17O3P/c1-3-14-11(13)12(15-4-2)16-10-8-6-5-7-9-10/h5-9,12,16H,3-4H2,1-2H3. The van der Waals surface area contributed by atoms with E-state index in [1.165, 1.54) is 0 Å². The van der Waals surface area contributed by atoms with Crippen molar-refractivity contribution in [2.24, 2.45) is 0 Å². The van der Waals surface area contributed by atoms with E-state index in [-0.39, 0.29) is 5.97 Å². The van der Waals surface area contributed by atoms with Gasteiger partial charge in [0.15, 0.2) is 5.85 Å². The summed E-state index contributed by atoms with van der Waals surface area (Å²) in [6.07, 6.45) is 0. The molecule has 0 radical (unpaired) electrons. The fraction of sp³-hybridized carbons (Fsp3) is 0.417. The molecule has 16 heavy (non-hydrogen) atoms. The zero-order chi connectivity index (χ0) is 11.8. The highest BCUT2D eigenvalue weighted by atomic mass is 31.1. The average Bonchev–Trinajstić information content (AvgIpc) is 2.30. The molecule has 0 bridgehead atoms. The Hall–Kier alpha value is -0.920. The molecule has 3 nitrogen and oxygen atoms in total. The lowest BCUT2D eigenvalue weighted by atomic mass is 10.4. The summed E-state index contributed by atoms with van der Waals surface area (Å²) in [6.45, 7) is 4.58. The van der Waals surface area contributed by atoms with Gasteiger partial charge in [0, 0.05) is 6.61 Å². The van der Waals surface area contributed by atoms with Crippen LogP contribution in [0.4, 0.5) is 0 Å². The van der Waals surface area contributed by atoms with E-state index in [0.717, 1.165) is 5.30 Å². The fourth-order valence-electron chi connectivity index (χ4n) is 1.24. The molecule has 0 aliphatic heterocycles. The maximum absolute atomic E-state index is 11.6. The van der Waals surface area contributed by atoms with Crippen molar-refractivity contribution in [2.45, 2.75) is 19.7 Å². The third-order valence-electron chi connectivity index (χ3n) is 1.91. The van der Waals surface area contributed by atoms with Crippen molar-refractivity contribution in [2.75, 3.05) is 13.2 Å². The molecule has 0 heterocycles. The van der Waals surface area contributed by atoms with Crippen LogP contribution in [-0.2, 0) is 14.3 Å². The van der Waals surface area contributed by atoms with Crippen LogP contribution in [0.2, 0.25) is 0 Å². The van der Waals surface area contributed by atoms with Crippen LogP contribution >= 0.6 is 8.58 Å². The van der Waals surface area contributed by atoms with E-state index < -0.39 is 5.85 Å². The summed E-state index contributed by atoms with van der Waals surface area (Å²) < 4.78 is 10.4. The Bertz CT molecular complexity index is 313. The molecule has 0 aliphatic carbocycles. The van der Waals surface area contributed by atoms with Crippen molar-refractivity contribution in [3.8, 4) is 0 Å². The molecule has 0 saturated heterocycles. The van der Waals surface area contributed by atoms with Crippen molar-refractivity contribution >= 4 is 19.9 Å². The van der Waals surface area contributed by atoms with Gasteiger partial charge >= 0.3 is 5.97 Å². The predicted octanol–water partition coefficient (Wildman–Crippen LogP) is 1.92. The topological polar surface area (TPSA) is 35.5 Å². The Balaban J connectivity index is 2.60. The van der Waals surface area contributed by atoms with Crippen LogP contribution in [0.25, 0.3) is 0 Å². The number of hydrogen-bond acceptors (Lipinski definition) is 3. The Labute approximate surface area is 97.9 Å². The normalized spacial score (nSPS) is 12.9. The summed E-state index contributed by atoms with van der Waals surface area (Å²) >= 11 is 0. The van der Waals surface area contributed by atoms with Gasteiger partial charge in [-0.15, -0.1) is 0 Å². The van der Waals surface area contributed by atoms with Crippen molar-refractivity contribution in [1.29, 1.82) is 0 Å². The first-order valence-corrected chi connectivity index (χ1v) is 6.45. The van der Waals surface area contributed by atoms with Gasteiger partial charge in [0.05, 0.1) is 6.61 Å². The minimum absolute atomic E-state index is 0.272. The molecular weight excluding hydrogens is 223 g/mol. The molecule has 0 fully saturated rings. The molecule has 1 rings (SSSR count). The monoisotopic (exact) mass is 240 g/mol. The summed E-state index contributed by atoms with van der Waals surface area (Å²) in [5, 5.41) is 1.11. The third kappa shape index (κ3) is 4.30. The molecule has 2 unspecified atom stereocenters. The van der Waals surface area contributed by atoms with E-state index in [1.807, 2.05) is 37.3 Å². The average molecular weight is 240 g/mol. The van der Waals surface area contributed by atoms with Crippen LogP contribution in [0.15, 0.2) is 30.3 Å². The molecule has 0 saturated carbocycles. The summed E-state index contributed by atoms with van der Waals surface area (Å²) in [6, 6.07) is 9.84. The van der Waals surface area contributed by atoms with Crippen LogP contribution in [0.1, 0.15) is 13.8 Å². The Kier molecular flexibility index (Phi) is 6.05. The van der Waals surface area contributed by atoms with Gasteiger partial charge in [-0.2, -0.15) is 0 Å². The molecule has 0 aromatic heterocycles. The summed E-state index contributed by atoms with van der Waals surface area (Å²) in [7, 11) is 0.296. The first-order chi connectivity index (χ1) is 7.77. The van der Waals surface area contributed by atoms with Crippen molar-refractivity contribution in [1.82, 2.24) is 0 Å². The number of carbonyl (C=O) groups is 1. The molecule has 0 aliphatic rings. The lowest BCUT2D eigenvalue weighted by Crippen LogP contribution is -2.24. The highest BCUT2D eigenvalue weighted by molar-refractivity contribution is 7.48. The quantitative estimate of drug-likeness (QED) is 0.563. The highest BCUT2D eigenvalue weighted by Gasteiger charge is 2.20. The van der Waals surface area contributed by atoms with Gasteiger partial charge in [0.25, 0.3) is 0 Å². The summed E-state index contributed by atoms with van der Waals surface area (Å²) in [4.78, 5) is 11.6. The van der Waals surface area contributed by atoms with Gasteiger partial charge in [-0.25, -0.2) is 4.79 Å². The third-order valence-corrected chi connectivity index (χ3v) is 3.24. The minimum atomic E-state index is -0.465. The molecular formula is C12H17O3P. The van der Waals surface area contributed by atoms with Crippen molar-refractivity contribution in [3.05, 3.63) is 30.3 Å². The Morgan fingerprint density at radius 1 is 1.25 bits per heavy atom. The smallest absolute Gasteiger partial charge is 0.339 e. The second-order valence-corrected chi connectivity index (χ2v) is 4.49. The molecule has 1 aromatic carbocycles. The molecule has 4 heteroatoms.